The fraction of sp³-hybridized carbons (Fsp3) is 0.424. The second kappa shape index (κ2) is 14.2. The van der Waals surface area contributed by atoms with Crippen molar-refractivity contribution in [2.75, 3.05) is 19.6 Å². The maximum atomic E-state index is 11.9. The van der Waals surface area contributed by atoms with Crippen LogP contribution in [0.4, 0.5) is 0 Å². The lowest BCUT2D eigenvalue weighted by molar-refractivity contribution is -0.277. The summed E-state index contributed by atoms with van der Waals surface area (Å²) in [4.78, 5) is 14.3. The van der Waals surface area contributed by atoms with Crippen molar-refractivity contribution in [3.63, 3.8) is 0 Å². The Labute approximate surface area is 278 Å². The van der Waals surface area contributed by atoms with Gasteiger partial charge >= 0.3 is 0 Å². The maximum Gasteiger partial charge on any atom is 0.272 e. The summed E-state index contributed by atoms with van der Waals surface area (Å²) < 4.78 is 11.2. The summed E-state index contributed by atoms with van der Waals surface area (Å²) in [6.45, 7) is 4.45. The van der Waals surface area contributed by atoms with Crippen molar-refractivity contribution in [3.05, 3.63) is 106 Å². The summed E-state index contributed by atoms with van der Waals surface area (Å²) in [6.07, 6.45) is 0.196. The summed E-state index contributed by atoms with van der Waals surface area (Å²) in [7, 11) is 0. The van der Waals surface area contributed by atoms with Crippen molar-refractivity contribution in [2.45, 2.75) is 60.8 Å². The largest absolute Gasteiger partial charge is 0.392 e. The number of alkyl halides is 3. The molecule has 4 atom stereocenters. The van der Waals surface area contributed by atoms with E-state index in [1.807, 2.05) is 72.8 Å². The van der Waals surface area contributed by atoms with E-state index in [0.29, 0.717) is 24.4 Å². The number of carbonyl (C=O) groups is 1. The van der Waals surface area contributed by atoms with Gasteiger partial charge in [-0.15, -0.1) is 0 Å². The number of carbonyl (C=O) groups excluding carboxylic acids is 1. The summed E-state index contributed by atoms with van der Waals surface area (Å²) in [6, 6.07) is 22.8. The third-order valence-electron chi connectivity index (χ3n) is 8.59. The van der Waals surface area contributed by atoms with E-state index < -0.39 is 21.6 Å². The van der Waals surface area contributed by atoms with Crippen LogP contribution in [0.3, 0.4) is 0 Å². The van der Waals surface area contributed by atoms with Gasteiger partial charge in [-0.3, -0.25) is 4.79 Å². The van der Waals surface area contributed by atoms with Gasteiger partial charge in [-0.2, -0.15) is 0 Å². The van der Waals surface area contributed by atoms with Crippen LogP contribution in [0.2, 0.25) is 5.02 Å². The normalized spacial score (nSPS) is 24.2. The number of amides is 1. The number of hydrogen-bond donors (Lipinski definition) is 3. The molecule has 2 fully saturated rings. The summed E-state index contributed by atoms with van der Waals surface area (Å²) >= 11 is 23.0. The number of benzene rings is 3. The number of halogens is 4. The molecule has 0 radical (unpaired) electrons. The van der Waals surface area contributed by atoms with Crippen LogP contribution in [-0.2, 0) is 33.0 Å². The van der Waals surface area contributed by atoms with E-state index in [0.717, 1.165) is 40.9 Å². The van der Waals surface area contributed by atoms with Gasteiger partial charge in [0.05, 0.1) is 24.4 Å². The lowest BCUT2D eigenvalue weighted by Gasteiger charge is -2.45. The van der Waals surface area contributed by atoms with E-state index in [1.54, 1.807) is 0 Å². The predicted octanol–water partition coefficient (Wildman–Crippen LogP) is 6.59. The second-order valence-electron chi connectivity index (χ2n) is 11.6. The minimum absolute atomic E-state index is 0.0263. The van der Waals surface area contributed by atoms with Gasteiger partial charge < -0.3 is 29.9 Å². The lowest BCUT2D eigenvalue weighted by atomic mass is 9.84. The topological polar surface area (TPSA) is 91.3 Å². The molecule has 4 unspecified atom stereocenters. The van der Waals surface area contributed by atoms with E-state index >= 15 is 0 Å². The van der Waals surface area contributed by atoms with Crippen molar-refractivity contribution < 1.29 is 24.5 Å². The zero-order valence-corrected chi connectivity index (χ0v) is 27.3. The van der Waals surface area contributed by atoms with Crippen molar-refractivity contribution >= 4 is 52.3 Å². The first-order valence-corrected chi connectivity index (χ1v) is 16.1. The Morgan fingerprint density at radius 2 is 1.52 bits per heavy atom. The fourth-order valence-electron chi connectivity index (χ4n) is 5.81. The number of nitrogens with zero attached hydrogens (tertiary/aromatic N) is 1. The molecule has 236 valence electrons. The number of ether oxygens (including phenoxy) is 2. The minimum atomic E-state index is -2.03. The molecule has 3 aromatic carbocycles. The molecule has 2 aliphatic heterocycles. The molecule has 0 bridgehead atoms. The van der Waals surface area contributed by atoms with Gasteiger partial charge in [0.15, 0.2) is 6.29 Å². The highest BCUT2D eigenvalue weighted by Crippen LogP contribution is 2.42. The lowest BCUT2D eigenvalue weighted by Crippen LogP contribution is -2.49. The van der Waals surface area contributed by atoms with Crippen LogP contribution in [-0.4, -0.2) is 50.6 Å². The number of aliphatic hydroxyl groups excluding tert-OH is 1. The first-order chi connectivity index (χ1) is 20.9. The van der Waals surface area contributed by atoms with E-state index in [-0.39, 0.29) is 31.3 Å². The average molecular weight is 682 g/mol. The Hall–Kier alpha value is -1.91. The van der Waals surface area contributed by atoms with E-state index in [4.69, 9.17) is 55.9 Å². The Bertz CT molecular complexity index is 1390. The highest BCUT2D eigenvalue weighted by atomic mass is 35.6. The number of hydrogen-bond acceptors (Lipinski definition) is 6. The predicted molar refractivity (Wildman–Crippen MR) is 173 cm³/mol. The second-order valence-corrected chi connectivity index (χ2v) is 14.3. The molecular weight excluding hydrogens is 646 g/mol. The number of nitrogens with one attached hydrogen (secondary N) is 1. The number of rotatable bonds is 8. The first-order valence-electron chi connectivity index (χ1n) is 14.6. The molecule has 0 aromatic heterocycles. The molecule has 11 heteroatoms. The number of likely N-dealkylation sites (tertiary alicyclic amines) is 1. The molecule has 5 rings (SSSR count). The summed E-state index contributed by atoms with van der Waals surface area (Å²) in [5.41, 5.74) is 3.51. The molecule has 3 N–H and O–H groups in total. The molecule has 2 saturated heterocycles. The van der Waals surface area contributed by atoms with Crippen molar-refractivity contribution in [2.24, 2.45) is 5.92 Å². The number of piperidine rings is 1. The van der Waals surface area contributed by atoms with Crippen molar-refractivity contribution in [1.82, 2.24) is 10.2 Å². The van der Waals surface area contributed by atoms with Gasteiger partial charge in [0.1, 0.15) is 0 Å². The SMILES string of the molecule is CC1C(CN2CCC(O)(c3ccc(Cl)cc3)CC2)OC(c2ccc(CNC(=O)C(Cl)(Cl)Cl)cc2)OC1c1ccc(CO)cc1. The maximum absolute atomic E-state index is 11.9. The Morgan fingerprint density at radius 1 is 0.932 bits per heavy atom. The van der Waals surface area contributed by atoms with Crippen LogP contribution >= 0.6 is 46.4 Å². The van der Waals surface area contributed by atoms with Gasteiger partial charge in [0.2, 0.25) is 0 Å². The molecule has 0 spiro atoms. The van der Waals surface area contributed by atoms with Crippen LogP contribution in [0.15, 0.2) is 72.8 Å². The summed E-state index contributed by atoms with van der Waals surface area (Å²) in [5.74, 6) is -0.665. The van der Waals surface area contributed by atoms with E-state index in [2.05, 4.69) is 17.1 Å². The molecular formula is C33H36Cl4N2O5. The fourth-order valence-corrected chi connectivity index (χ4v) is 6.14. The molecule has 2 heterocycles. The zero-order valence-electron chi connectivity index (χ0n) is 24.3. The Balaban J connectivity index is 1.30. The molecule has 1 amide bonds. The monoisotopic (exact) mass is 680 g/mol. The van der Waals surface area contributed by atoms with Gasteiger partial charge in [-0.25, -0.2) is 0 Å². The zero-order chi connectivity index (χ0) is 31.5. The van der Waals surface area contributed by atoms with Gasteiger partial charge in [0.25, 0.3) is 9.70 Å². The highest BCUT2D eigenvalue weighted by Gasteiger charge is 2.41. The van der Waals surface area contributed by atoms with Gasteiger partial charge in [-0.1, -0.05) is 114 Å². The van der Waals surface area contributed by atoms with Gasteiger partial charge in [0, 0.05) is 42.7 Å². The minimum Gasteiger partial charge on any atom is -0.392 e. The quantitative estimate of drug-likeness (QED) is 0.232. The van der Waals surface area contributed by atoms with Gasteiger partial charge in [-0.05, 0) is 47.2 Å². The summed E-state index contributed by atoms with van der Waals surface area (Å²) in [5, 5.41) is 24.2. The third kappa shape index (κ3) is 8.08. The molecule has 44 heavy (non-hydrogen) atoms. The van der Waals surface area contributed by atoms with Crippen LogP contribution in [0.1, 0.15) is 60.0 Å². The van der Waals surface area contributed by atoms with E-state index in [1.165, 1.54) is 0 Å². The average Bonchev–Trinajstić information content (AvgIpc) is 3.02. The van der Waals surface area contributed by atoms with Crippen LogP contribution in [0.25, 0.3) is 0 Å². The molecule has 2 aliphatic rings. The van der Waals surface area contributed by atoms with Crippen molar-refractivity contribution in [3.8, 4) is 0 Å². The molecule has 7 nitrogen and oxygen atoms in total. The molecule has 0 saturated carbocycles. The standard InChI is InChI=1S/C33H36Cl4N2O5/c1-21-28(19-39-16-14-32(42,15-17-39)26-10-12-27(34)13-11-26)43-30(44-29(21)24-6-4-23(20-40)5-7-24)25-8-2-22(3-9-25)18-38-31(41)33(35,36)37/h2-13,21,28-30,40,42H,14-20H2,1H3,(H,38,41). The van der Waals surface area contributed by atoms with E-state index in [9.17, 15) is 15.0 Å². The highest BCUT2D eigenvalue weighted by molar-refractivity contribution is 6.76. The number of aliphatic hydroxyl groups is 2. The Morgan fingerprint density at radius 3 is 2.11 bits per heavy atom. The van der Waals surface area contributed by atoms with Crippen LogP contribution in [0.5, 0.6) is 0 Å². The third-order valence-corrected chi connectivity index (χ3v) is 9.36. The molecule has 3 aromatic rings. The smallest absolute Gasteiger partial charge is 0.272 e. The van der Waals surface area contributed by atoms with Crippen LogP contribution in [0, 0.1) is 5.92 Å². The first kappa shape index (κ1) is 33.5. The Kier molecular flexibility index (Phi) is 10.8. The van der Waals surface area contributed by atoms with Crippen molar-refractivity contribution in [1.29, 1.82) is 0 Å². The molecule has 0 aliphatic carbocycles. The van der Waals surface area contributed by atoms with Crippen LogP contribution < -0.4 is 5.32 Å².